The van der Waals surface area contributed by atoms with Crippen molar-refractivity contribution >= 4 is 11.8 Å². The number of amides is 2. The highest BCUT2D eigenvalue weighted by molar-refractivity contribution is 5.95. The number of hydrogen-bond donors (Lipinski definition) is 0. The number of rotatable bonds is 3. The molecule has 0 aliphatic carbocycles. The fourth-order valence-corrected chi connectivity index (χ4v) is 2.80. The van der Waals surface area contributed by atoms with Crippen molar-refractivity contribution in [1.29, 1.82) is 0 Å². The zero-order chi connectivity index (χ0) is 16.2. The number of carbonyl (C=O) groups is 2. The average Bonchev–Trinajstić information content (AvgIpc) is 2.88. The third kappa shape index (κ3) is 3.39. The van der Waals surface area contributed by atoms with Crippen molar-refractivity contribution < 1.29 is 23.8 Å². The molecule has 1 fully saturated rings. The highest BCUT2D eigenvalue weighted by Crippen LogP contribution is 2.32. The number of benzene rings is 1. The van der Waals surface area contributed by atoms with E-state index in [9.17, 15) is 9.59 Å². The minimum absolute atomic E-state index is 0.0371. The van der Waals surface area contributed by atoms with Gasteiger partial charge in [-0.15, -0.1) is 0 Å². The maximum atomic E-state index is 12.7. The van der Waals surface area contributed by atoms with Crippen LogP contribution in [0.1, 0.15) is 16.8 Å². The van der Waals surface area contributed by atoms with Gasteiger partial charge in [0, 0.05) is 38.9 Å². The van der Waals surface area contributed by atoms with E-state index in [1.807, 2.05) is 0 Å². The molecule has 2 heterocycles. The molecular formula is C16H20N2O5. The van der Waals surface area contributed by atoms with E-state index < -0.39 is 0 Å². The first-order valence-electron chi connectivity index (χ1n) is 7.64. The van der Waals surface area contributed by atoms with Crippen molar-refractivity contribution in [2.75, 3.05) is 46.7 Å². The van der Waals surface area contributed by atoms with Crippen molar-refractivity contribution in [3.05, 3.63) is 23.8 Å². The van der Waals surface area contributed by atoms with E-state index in [2.05, 4.69) is 0 Å². The molecule has 23 heavy (non-hydrogen) atoms. The molecule has 2 aliphatic rings. The Labute approximate surface area is 134 Å². The minimum Gasteiger partial charge on any atom is -0.454 e. The summed E-state index contributed by atoms with van der Waals surface area (Å²) in [7, 11) is 1.51. The number of ether oxygens (including phenoxy) is 3. The lowest BCUT2D eigenvalue weighted by atomic mass is 10.1. The summed E-state index contributed by atoms with van der Waals surface area (Å²) in [5.41, 5.74) is 0.575. The highest BCUT2D eigenvalue weighted by Gasteiger charge is 2.24. The van der Waals surface area contributed by atoms with Gasteiger partial charge in [-0.2, -0.15) is 0 Å². The third-order valence-corrected chi connectivity index (χ3v) is 4.02. The maximum absolute atomic E-state index is 12.7. The first kappa shape index (κ1) is 15.6. The van der Waals surface area contributed by atoms with E-state index in [4.69, 9.17) is 14.2 Å². The van der Waals surface area contributed by atoms with Gasteiger partial charge in [0.2, 0.25) is 12.7 Å². The van der Waals surface area contributed by atoms with Gasteiger partial charge in [0.1, 0.15) is 6.61 Å². The van der Waals surface area contributed by atoms with Crippen molar-refractivity contribution in [2.45, 2.75) is 6.42 Å². The number of fused-ring (bicyclic) bond motifs is 1. The lowest BCUT2D eigenvalue weighted by molar-refractivity contribution is -0.135. The van der Waals surface area contributed by atoms with Crippen LogP contribution in [0.3, 0.4) is 0 Å². The summed E-state index contributed by atoms with van der Waals surface area (Å²) >= 11 is 0. The standard InChI is InChI=1S/C16H20N2O5/c1-21-10-15(19)17-5-2-6-18(8-7-17)16(20)12-3-4-13-14(9-12)23-11-22-13/h3-4,9H,2,5-8,10-11H2,1H3. The van der Waals surface area contributed by atoms with Crippen molar-refractivity contribution in [1.82, 2.24) is 9.80 Å². The fraction of sp³-hybridized carbons (Fsp3) is 0.500. The predicted octanol–water partition coefficient (Wildman–Crippen LogP) is 0.736. The number of hydrogen-bond acceptors (Lipinski definition) is 5. The van der Waals surface area contributed by atoms with Crippen LogP contribution in [0, 0.1) is 0 Å². The largest absolute Gasteiger partial charge is 0.454 e. The highest BCUT2D eigenvalue weighted by atomic mass is 16.7. The second-order valence-electron chi connectivity index (χ2n) is 5.53. The Morgan fingerprint density at radius 2 is 1.83 bits per heavy atom. The maximum Gasteiger partial charge on any atom is 0.254 e. The molecule has 1 saturated heterocycles. The van der Waals surface area contributed by atoms with E-state index in [1.54, 1.807) is 28.0 Å². The van der Waals surface area contributed by atoms with Crippen LogP contribution >= 0.6 is 0 Å². The van der Waals surface area contributed by atoms with Crippen molar-refractivity contribution in [3.63, 3.8) is 0 Å². The molecule has 7 heteroatoms. The Bertz CT molecular complexity index is 604. The molecule has 0 bridgehead atoms. The van der Waals surface area contributed by atoms with Crippen molar-refractivity contribution in [3.8, 4) is 11.5 Å². The number of carbonyl (C=O) groups excluding carboxylic acids is 2. The summed E-state index contributed by atoms with van der Waals surface area (Å²) in [6.07, 6.45) is 0.756. The zero-order valence-electron chi connectivity index (χ0n) is 13.1. The summed E-state index contributed by atoms with van der Waals surface area (Å²) in [6, 6.07) is 5.21. The Kier molecular flexibility index (Phi) is 4.66. The molecule has 7 nitrogen and oxygen atoms in total. The van der Waals surface area contributed by atoms with Crippen LogP contribution < -0.4 is 9.47 Å². The smallest absolute Gasteiger partial charge is 0.254 e. The van der Waals surface area contributed by atoms with Gasteiger partial charge in [-0.25, -0.2) is 0 Å². The molecule has 0 spiro atoms. The van der Waals surface area contributed by atoms with E-state index in [0.29, 0.717) is 43.2 Å². The lowest BCUT2D eigenvalue weighted by Gasteiger charge is -2.22. The summed E-state index contributed by atoms with van der Waals surface area (Å²) in [5, 5.41) is 0. The molecule has 0 atom stereocenters. The SMILES string of the molecule is COCC(=O)N1CCCN(C(=O)c2ccc3c(c2)OCO3)CC1. The van der Waals surface area contributed by atoms with Gasteiger partial charge < -0.3 is 24.0 Å². The van der Waals surface area contributed by atoms with Gasteiger partial charge in [0.15, 0.2) is 11.5 Å². The predicted molar refractivity (Wildman–Crippen MR) is 81.5 cm³/mol. The average molecular weight is 320 g/mol. The molecule has 2 amide bonds. The molecule has 2 aliphatic heterocycles. The van der Waals surface area contributed by atoms with Crippen LogP contribution in [0.4, 0.5) is 0 Å². The Morgan fingerprint density at radius 3 is 2.65 bits per heavy atom. The molecule has 0 radical (unpaired) electrons. The van der Waals surface area contributed by atoms with Crippen LogP contribution in [0.2, 0.25) is 0 Å². The Hall–Kier alpha value is -2.28. The monoisotopic (exact) mass is 320 g/mol. The molecule has 1 aromatic rings. The van der Waals surface area contributed by atoms with Gasteiger partial charge in [0.25, 0.3) is 5.91 Å². The summed E-state index contributed by atoms with van der Waals surface area (Å²) in [6.45, 7) is 2.59. The van der Waals surface area contributed by atoms with E-state index in [-0.39, 0.29) is 25.2 Å². The van der Waals surface area contributed by atoms with E-state index >= 15 is 0 Å². The zero-order valence-corrected chi connectivity index (χ0v) is 13.1. The molecule has 3 rings (SSSR count). The third-order valence-electron chi connectivity index (χ3n) is 4.02. The first-order valence-corrected chi connectivity index (χ1v) is 7.64. The van der Waals surface area contributed by atoms with E-state index in [1.165, 1.54) is 7.11 Å². The second kappa shape index (κ2) is 6.87. The van der Waals surface area contributed by atoms with Crippen LogP contribution in [0.5, 0.6) is 11.5 Å². The molecular weight excluding hydrogens is 300 g/mol. The summed E-state index contributed by atoms with van der Waals surface area (Å²) in [5.74, 6) is 1.17. The summed E-state index contributed by atoms with van der Waals surface area (Å²) in [4.78, 5) is 28.1. The molecule has 0 saturated carbocycles. The molecule has 0 aromatic heterocycles. The molecule has 0 unspecified atom stereocenters. The van der Waals surface area contributed by atoms with Gasteiger partial charge in [-0.3, -0.25) is 9.59 Å². The fourth-order valence-electron chi connectivity index (χ4n) is 2.80. The number of methoxy groups -OCH3 is 1. The molecule has 1 aromatic carbocycles. The van der Waals surface area contributed by atoms with Gasteiger partial charge in [0.05, 0.1) is 0 Å². The van der Waals surface area contributed by atoms with Crippen LogP contribution in [-0.4, -0.2) is 68.3 Å². The van der Waals surface area contributed by atoms with Gasteiger partial charge in [-0.05, 0) is 24.6 Å². The van der Waals surface area contributed by atoms with Crippen molar-refractivity contribution in [2.24, 2.45) is 0 Å². The first-order chi connectivity index (χ1) is 11.2. The van der Waals surface area contributed by atoms with Crippen LogP contribution in [-0.2, 0) is 9.53 Å². The lowest BCUT2D eigenvalue weighted by Crippen LogP contribution is -2.38. The van der Waals surface area contributed by atoms with E-state index in [0.717, 1.165) is 6.42 Å². The Balaban J connectivity index is 1.65. The molecule has 124 valence electrons. The molecule has 0 N–H and O–H groups in total. The van der Waals surface area contributed by atoms with Crippen LogP contribution in [0.15, 0.2) is 18.2 Å². The quantitative estimate of drug-likeness (QED) is 0.821. The minimum atomic E-state index is -0.0515. The summed E-state index contributed by atoms with van der Waals surface area (Å²) < 4.78 is 15.5. The topological polar surface area (TPSA) is 68.3 Å². The van der Waals surface area contributed by atoms with Gasteiger partial charge in [-0.1, -0.05) is 0 Å². The van der Waals surface area contributed by atoms with Crippen LogP contribution in [0.25, 0.3) is 0 Å². The Morgan fingerprint density at radius 1 is 1.09 bits per heavy atom. The second-order valence-corrected chi connectivity index (χ2v) is 5.53. The van der Waals surface area contributed by atoms with Gasteiger partial charge >= 0.3 is 0 Å². The normalized spacial score (nSPS) is 17.1. The number of nitrogens with zero attached hydrogens (tertiary/aromatic N) is 2.